The van der Waals surface area contributed by atoms with Gasteiger partial charge in [0.15, 0.2) is 0 Å². The highest BCUT2D eigenvalue weighted by atomic mass is 16.6. The molecule has 1 aromatic carbocycles. The maximum atomic E-state index is 12.8. The van der Waals surface area contributed by atoms with E-state index in [0.717, 1.165) is 39.0 Å². The lowest BCUT2D eigenvalue weighted by molar-refractivity contribution is -0.384. The van der Waals surface area contributed by atoms with E-state index in [1.54, 1.807) is 18.2 Å². The highest BCUT2D eigenvalue weighted by Crippen LogP contribution is 2.28. The Hall–Kier alpha value is -2.15. The lowest BCUT2D eigenvalue weighted by atomic mass is 9.98. The number of hydrogen-bond acceptors (Lipinski definition) is 5. The number of para-hydroxylation sites is 2. The second-order valence-corrected chi connectivity index (χ2v) is 7.45. The number of likely N-dealkylation sites (tertiary alicyclic amines) is 1. The van der Waals surface area contributed by atoms with Gasteiger partial charge in [0.1, 0.15) is 5.69 Å². The predicted molar refractivity (Wildman–Crippen MR) is 101 cm³/mol. The van der Waals surface area contributed by atoms with Crippen LogP contribution in [0, 0.1) is 16.0 Å². The minimum absolute atomic E-state index is 0.128. The van der Waals surface area contributed by atoms with E-state index in [1.165, 1.54) is 0 Å². The molecule has 0 radical (unpaired) electrons. The van der Waals surface area contributed by atoms with Crippen molar-refractivity contribution in [3.63, 3.8) is 0 Å². The van der Waals surface area contributed by atoms with Crippen LogP contribution in [-0.4, -0.2) is 65.9 Å². The summed E-state index contributed by atoms with van der Waals surface area (Å²) in [6, 6.07) is 6.75. The molecule has 0 aromatic heterocycles. The number of piperazine rings is 1. The van der Waals surface area contributed by atoms with Crippen LogP contribution in [-0.2, 0) is 4.79 Å². The summed E-state index contributed by atoms with van der Waals surface area (Å²) in [6.07, 6.45) is 2.17. The van der Waals surface area contributed by atoms with E-state index in [9.17, 15) is 14.9 Å². The van der Waals surface area contributed by atoms with Crippen LogP contribution in [0.25, 0.3) is 0 Å². The first-order valence-electron chi connectivity index (χ1n) is 9.48. The van der Waals surface area contributed by atoms with Crippen LogP contribution < -0.4 is 4.90 Å². The fraction of sp³-hybridized carbons (Fsp3) is 0.632. The van der Waals surface area contributed by atoms with E-state index >= 15 is 0 Å². The molecule has 2 heterocycles. The molecule has 26 heavy (non-hydrogen) atoms. The number of amides is 1. The molecule has 2 saturated heterocycles. The van der Waals surface area contributed by atoms with Crippen molar-refractivity contribution in [1.29, 1.82) is 0 Å². The van der Waals surface area contributed by atoms with Crippen molar-refractivity contribution >= 4 is 17.3 Å². The Kier molecular flexibility index (Phi) is 5.76. The fourth-order valence-corrected chi connectivity index (χ4v) is 3.89. The zero-order valence-electron chi connectivity index (χ0n) is 15.6. The highest BCUT2D eigenvalue weighted by Gasteiger charge is 2.31. The van der Waals surface area contributed by atoms with Gasteiger partial charge in [-0.15, -0.1) is 0 Å². The van der Waals surface area contributed by atoms with Gasteiger partial charge >= 0.3 is 0 Å². The summed E-state index contributed by atoms with van der Waals surface area (Å²) in [5.74, 6) is 0.926. The molecule has 0 N–H and O–H groups in total. The number of carbonyl (C=O) groups excluding carboxylic acids is 1. The Morgan fingerprint density at radius 1 is 1.12 bits per heavy atom. The topological polar surface area (TPSA) is 69.9 Å². The van der Waals surface area contributed by atoms with Crippen LogP contribution in [0.1, 0.15) is 26.7 Å². The van der Waals surface area contributed by atoms with E-state index < -0.39 is 0 Å². The standard InChI is InChI=1S/C19H28N4O3/c1-15-7-9-22(10-8-15)19(24)16(2)20-11-13-21(14-12-20)17-5-3-4-6-18(17)23(25)26/h3-6,15-16H,7-14H2,1-2H3. The SMILES string of the molecule is CC1CCN(C(=O)C(C)N2CCN(c3ccccc3[N+](=O)[O-])CC2)CC1. The molecule has 1 unspecified atom stereocenters. The molecule has 0 spiro atoms. The summed E-state index contributed by atoms with van der Waals surface area (Å²) >= 11 is 0. The molecule has 1 atom stereocenters. The number of anilines is 1. The normalized spacial score (nSPS) is 20.8. The van der Waals surface area contributed by atoms with Crippen molar-refractivity contribution in [2.24, 2.45) is 5.92 Å². The van der Waals surface area contributed by atoms with Gasteiger partial charge in [0.05, 0.1) is 11.0 Å². The van der Waals surface area contributed by atoms with E-state index in [-0.39, 0.29) is 22.6 Å². The lowest BCUT2D eigenvalue weighted by Gasteiger charge is -2.40. The zero-order valence-corrected chi connectivity index (χ0v) is 15.6. The van der Waals surface area contributed by atoms with Crippen molar-refractivity contribution in [2.75, 3.05) is 44.2 Å². The van der Waals surface area contributed by atoms with E-state index in [4.69, 9.17) is 0 Å². The lowest BCUT2D eigenvalue weighted by Crippen LogP contribution is -2.55. The van der Waals surface area contributed by atoms with Gasteiger partial charge in [-0.3, -0.25) is 19.8 Å². The Bertz CT molecular complexity index is 650. The predicted octanol–water partition coefficient (Wildman–Crippen LogP) is 2.36. The molecule has 2 fully saturated rings. The zero-order chi connectivity index (χ0) is 18.7. The monoisotopic (exact) mass is 360 g/mol. The molecule has 2 aliphatic heterocycles. The number of carbonyl (C=O) groups is 1. The first-order valence-corrected chi connectivity index (χ1v) is 9.48. The van der Waals surface area contributed by atoms with Crippen LogP contribution in [0.5, 0.6) is 0 Å². The van der Waals surface area contributed by atoms with Gasteiger partial charge in [-0.1, -0.05) is 19.1 Å². The smallest absolute Gasteiger partial charge is 0.292 e. The van der Waals surface area contributed by atoms with E-state index in [1.807, 2.05) is 17.9 Å². The summed E-state index contributed by atoms with van der Waals surface area (Å²) in [4.78, 5) is 29.9. The molecular formula is C19H28N4O3. The number of rotatable bonds is 4. The van der Waals surface area contributed by atoms with Crippen LogP contribution in [0.15, 0.2) is 24.3 Å². The number of nitro benzene ring substituents is 1. The van der Waals surface area contributed by atoms with Gasteiger partial charge in [0, 0.05) is 45.3 Å². The summed E-state index contributed by atoms with van der Waals surface area (Å²) in [5.41, 5.74) is 0.814. The van der Waals surface area contributed by atoms with Crippen molar-refractivity contribution in [3.8, 4) is 0 Å². The minimum Gasteiger partial charge on any atom is -0.363 e. The third-order valence-electron chi connectivity index (χ3n) is 5.73. The average Bonchev–Trinajstić information content (AvgIpc) is 2.67. The summed E-state index contributed by atoms with van der Waals surface area (Å²) in [7, 11) is 0. The molecule has 0 saturated carbocycles. The molecular weight excluding hydrogens is 332 g/mol. The highest BCUT2D eigenvalue weighted by molar-refractivity contribution is 5.81. The Morgan fingerprint density at radius 3 is 2.35 bits per heavy atom. The first-order chi connectivity index (χ1) is 12.5. The number of nitrogens with zero attached hydrogens (tertiary/aromatic N) is 4. The second-order valence-electron chi connectivity index (χ2n) is 7.45. The largest absolute Gasteiger partial charge is 0.363 e. The molecule has 1 amide bonds. The van der Waals surface area contributed by atoms with Crippen molar-refractivity contribution in [1.82, 2.24) is 9.80 Å². The van der Waals surface area contributed by atoms with Crippen LogP contribution in [0.4, 0.5) is 11.4 Å². The van der Waals surface area contributed by atoms with Gasteiger partial charge in [-0.05, 0) is 31.7 Å². The second kappa shape index (κ2) is 8.03. The molecule has 0 aliphatic carbocycles. The molecule has 0 bridgehead atoms. The van der Waals surface area contributed by atoms with Crippen LogP contribution in [0.2, 0.25) is 0 Å². The third-order valence-corrected chi connectivity index (χ3v) is 5.73. The molecule has 7 heteroatoms. The number of benzene rings is 1. The minimum atomic E-state index is -0.328. The van der Waals surface area contributed by atoms with Gasteiger partial charge in [0.25, 0.3) is 5.69 Å². The van der Waals surface area contributed by atoms with E-state index in [0.29, 0.717) is 24.7 Å². The summed E-state index contributed by atoms with van der Waals surface area (Å²) in [6.45, 7) is 8.82. The van der Waals surface area contributed by atoms with Gasteiger partial charge in [-0.2, -0.15) is 0 Å². The Labute approximate surface area is 154 Å². The maximum Gasteiger partial charge on any atom is 0.292 e. The molecule has 1 aromatic rings. The van der Waals surface area contributed by atoms with Crippen LogP contribution in [0.3, 0.4) is 0 Å². The number of nitro groups is 1. The molecule has 7 nitrogen and oxygen atoms in total. The molecule has 3 rings (SSSR count). The van der Waals surface area contributed by atoms with Crippen molar-refractivity contribution in [2.45, 2.75) is 32.7 Å². The average molecular weight is 360 g/mol. The van der Waals surface area contributed by atoms with Crippen molar-refractivity contribution in [3.05, 3.63) is 34.4 Å². The Morgan fingerprint density at radius 2 is 1.73 bits per heavy atom. The fourth-order valence-electron chi connectivity index (χ4n) is 3.89. The first kappa shape index (κ1) is 18.6. The Balaban J connectivity index is 1.58. The summed E-state index contributed by atoms with van der Waals surface area (Å²) < 4.78 is 0. The molecule has 142 valence electrons. The summed E-state index contributed by atoms with van der Waals surface area (Å²) in [5, 5.41) is 11.2. The van der Waals surface area contributed by atoms with Gasteiger partial charge in [-0.25, -0.2) is 0 Å². The number of hydrogen-bond donors (Lipinski definition) is 0. The third kappa shape index (κ3) is 3.98. The van der Waals surface area contributed by atoms with E-state index in [2.05, 4.69) is 16.7 Å². The van der Waals surface area contributed by atoms with Gasteiger partial charge in [0.2, 0.25) is 5.91 Å². The van der Waals surface area contributed by atoms with Gasteiger partial charge < -0.3 is 9.80 Å². The maximum absolute atomic E-state index is 12.8. The molecule has 2 aliphatic rings. The number of piperidine rings is 1. The van der Waals surface area contributed by atoms with Crippen molar-refractivity contribution < 1.29 is 9.72 Å². The quantitative estimate of drug-likeness (QED) is 0.609. The van der Waals surface area contributed by atoms with Crippen LogP contribution >= 0.6 is 0 Å².